The monoisotopic (exact) mass is 318 g/mol. The first-order valence-corrected chi connectivity index (χ1v) is 8.13. The summed E-state index contributed by atoms with van der Waals surface area (Å²) in [6.07, 6.45) is 8.91. The summed E-state index contributed by atoms with van der Waals surface area (Å²) < 4.78 is 1.80. The smallest absolute Gasteiger partial charge is 0.254 e. The van der Waals surface area contributed by atoms with Crippen LogP contribution in [0.4, 0.5) is 0 Å². The minimum atomic E-state index is 0.0603. The highest BCUT2D eigenvalue weighted by molar-refractivity contribution is 5.95. The Morgan fingerprint density at radius 2 is 2.00 bits per heavy atom. The number of amides is 1. The SMILES string of the molecule is O=C(c1ccnc(-n2ccnc2)c1)N1CCC[C@H]1c1ccccc1. The Morgan fingerprint density at radius 3 is 2.79 bits per heavy atom. The molecule has 4 rings (SSSR count). The first kappa shape index (κ1) is 14.6. The van der Waals surface area contributed by atoms with Crippen LogP contribution in [-0.2, 0) is 0 Å². The molecule has 0 aliphatic carbocycles. The molecule has 0 saturated carbocycles. The van der Waals surface area contributed by atoms with Crippen molar-refractivity contribution >= 4 is 5.91 Å². The molecule has 0 unspecified atom stereocenters. The van der Waals surface area contributed by atoms with Crippen LogP contribution >= 0.6 is 0 Å². The summed E-state index contributed by atoms with van der Waals surface area (Å²) in [4.78, 5) is 23.4. The standard InChI is InChI=1S/C19H18N4O/c24-19(16-8-9-21-18(13-16)22-12-10-20-14-22)23-11-4-7-17(23)15-5-2-1-3-6-15/h1-3,5-6,8-10,12-14,17H,4,7,11H2/t17-/m0/s1. The number of benzene rings is 1. The third-order valence-corrected chi connectivity index (χ3v) is 4.46. The molecule has 1 aliphatic rings. The van der Waals surface area contributed by atoms with Gasteiger partial charge in [0.25, 0.3) is 5.91 Å². The number of likely N-dealkylation sites (tertiary alicyclic amines) is 1. The number of pyridine rings is 1. The van der Waals surface area contributed by atoms with Crippen LogP contribution in [0.5, 0.6) is 0 Å². The Hall–Kier alpha value is -2.95. The average Bonchev–Trinajstić information content (AvgIpc) is 3.34. The van der Waals surface area contributed by atoms with Gasteiger partial charge in [-0.3, -0.25) is 9.36 Å². The zero-order valence-electron chi connectivity index (χ0n) is 13.2. The maximum atomic E-state index is 13.0. The number of hydrogen-bond acceptors (Lipinski definition) is 3. The van der Waals surface area contributed by atoms with E-state index in [2.05, 4.69) is 22.1 Å². The van der Waals surface area contributed by atoms with E-state index in [0.29, 0.717) is 11.4 Å². The molecule has 0 N–H and O–H groups in total. The van der Waals surface area contributed by atoms with E-state index in [1.54, 1.807) is 29.4 Å². The van der Waals surface area contributed by atoms with Crippen molar-refractivity contribution in [2.24, 2.45) is 0 Å². The van der Waals surface area contributed by atoms with E-state index < -0.39 is 0 Å². The molecule has 1 atom stereocenters. The van der Waals surface area contributed by atoms with Crippen molar-refractivity contribution < 1.29 is 4.79 Å². The lowest BCUT2D eigenvalue weighted by Gasteiger charge is -2.25. The number of imidazole rings is 1. The Morgan fingerprint density at radius 1 is 1.12 bits per heavy atom. The van der Waals surface area contributed by atoms with Gasteiger partial charge in [-0.2, -0.15) is 0 Å². The predicted octanol–water partition coefficient (Wildman–Crippen LogP) is 3.24. The quantitative estimate of drug-likeness (QED) is 0.745. The summed E-state index contributed by atoms with van der Waals surface area (Å²) in [5, 5.41) is 0. The van der Waals surface area contributed by atoms with Gasteiger partial charge in [0.05, 0.1) is 6.04 Å². The minimum absolute atomic E-state index is 0.0603. The summed E-state index contributed by atoms with van der Waals surface area (Å²) in [6.45, 7) is 0.793. The molecule has 120 valence electrons. The van der Waals surface area contributed by atoms with Crippen molar-refractivity contribution in [1.29, 1.82) is 0 Å². The van der Waals surface area contributed by atoms with E-state index in [9.17, 15) is 4.79 Å². The highest BCUT2D eigenvalue weighted by Crippen LogP contribution is 2.33. The average molecular weight is 318 g/mol. The van der Waals surface area contributed by atoms with Gasteiger partial charge in [-0.15, -0.1) is 0 Å². The van der Waals surface area contributed by atoms with Crippen LogP contribution in [0.25, 0.3) is 5.82 Å². The number of nitrogens with zero attached hydrogens (tertiary/aromatic N) is 4. The third-order valence-electron chi connectivity index (χ3n) is 4.46. The lowest BCUT2D eigenvalue weighted by molar-refractivity contribution is 0.0735. The fourth-order valence-corrected chi connectivity index (χ4v) is 3.28. The molecule has 0 spiro atoms. The molecule has 2 aromatic heterocycles. The van der Waals surface area contributed by atoms with Crippen LogP contribution in [0, 0.1) is 0 Å². The van der Waals surface area contributed by atoms with E-state index in [-0.39, 0.29) is 11.9 Å². The number of carbonyl (C=O) groups excluding carboxylic acids is 1. The first-order valence-electron chi connectivity index (χ1n) is 8.13. The van der Waals surface area contributed by atoms with E-state index in [1.165, 1.54) is 5.56 Å². The van der Waals surface area contributed by atoms with Gasteiger partial charge in [0.1, 0.15) is 12.1 Å². The van der Waals surface area contributed by atoms with E-state index in [4.69, 9.17) is 0 Å². The molecular weight excluding hydrogens is 300 g/mol. The van der Waals surface area contributed by atoms with Gasteiger partial charge in [-0.1, -0.05) is 30.3 Å². The largest absolute Gasteiger partial charge is 0.332 e. The summed E-state index contributed by atoms with van der Waals surface area (Å²) in [6, 6.07) is 14.0. The fourth-order valence-electron chi connectivity index (χ4n) is 3.28. The molecule has 5 heteroatoms. The number of rotatable bonds is 3. The Bertz CT molecular complexity index is 830. The van der Waals surface area contributed by atoms with Crippen molar-refractivity contribution in [2.75, 3.05) is 6.54 Å². The van der Waals surface area contributed by atoms with E-state index in [1.807, 2.05) is 35.4 Å². The van der Waals surface area contributed by atoms with Gasteiger partial charge in [-0.25, -0.2) is 9.97 Å². The first-order chi connectivity index (χ1) is 11.8. The number of aromatic nitrogens is 3. The van der Waals surface area contributed by atoms with Gasteiger partial charge in [0, 0.05) is 30.7 Å². The van der Waals surface area contributed by atoms with Crippen molar-refractivity contribution in [3.8, 4) is 5.82 Å². The maximum absolute atomic E-state index is 13.0. The Balaban J connectivity index is 1.62. The highest BCUT2D eigenvalue weighted by Gasteiger charge is 2.30. The molecule has 24 heavy (non-hydrogen) atoms. The Labute approximate surface area is 140 Å². The summed E-state index contributed by atoms with van der Waals surface area (Å²) >= 11 is 0. The molecule has 0 radical (unpaired) electrons. The van der Waals surface area contributed by atoms with Crippen LogP contribution in [0.3, 0.4) is 0 Å². The minimum Gasteiger partial charge on any atom is -0.332 e. The second-order valence-electron chi connectivity index (χ2n) is 5.94. The van der Waals surface area contributed by atoms with Crippen molar-refractivity contribution in [3.63, 3.8) is 0 Å². The van der Waals surface area contributed by atoms with Crippen LogP contribution in [0.15, 0.2) is 67.4 Å². The number of hydrogen-bond donors (Lipinski definition) is 0. The molecule has 3 heterocycles. The maximum Gasteiger partial charge on any atom is 0.254 e. The highest BCUT2D eigenvalue weighted by atomic mass is 16.2. The second kappa shape index (κ2) is 6.28. The van der Waals surface area contributed by atoms with Gasteiger partial charge in [-0.05, 0) is 30.5 Å². The zero-order chi connectivity index (χ0) is 16.4. The number of carbonyl (C=O) groups is 1. The lowest BCUT2D eigenvalue weighted by atomic mass is 10.0. The third kappa shape index (κ3) is 2.69. The van der Waals surface area contributed by atoms with Crippen LogP contribution in [0.2, 0.25) is 0 Å². The van der Waals surface area contributed by atoms with Crippen molar-refractivity contribution in [1.82, 2.24) is 19.4 Å². The summed E-state index contributed by atoms with van der Waals surface area (Å²) in [5.41, 5.74) is 1.86. The van der Waals surface area contributed by atoms with E-state index in [0.717, 1.165) is 19.4 Å². The topological polar surface area (TPSA) is 51.0 Å². The molecule has 1 amide bonds. The summed E-state index contributed by atoms with van der Waals surface area (Å²) in [5.74, 6) is 0.763. The molecule has 1 saturated heterocycles. The lowest BCUT2D eigenvalue weighted by Crippen LogP contribution is -2.30. The normalized spacial score (nSPS) is 17.2. The molecule has 1 aromatic carbocycles. The molecular formula is C19H18N4O. The van der Waals surface area contributed by atoms with Gasteiger partial charge in [0.2, 0.25) is 0 Å². The fraction of sp³-hybridized carbons (Fsp3) is 0.211. The van der Waals surface area contributed by atoms with Crippen LogP contribution < -0.4 is 0 Å². The Kier molecular flexibility index (Phi) is 3.83. The molecule has 1 fully saturated rings. The zero-order valence-corrected chi connectivity index (χ0v) is 13.2. The molecule has 1 aliphatic heterocycles. The molecule has 3 aromatic rings. The molecule has 5 nitrogen and oxygen atoms in total. The van der Waals surface area contributed by atoms with Crippen LogP contribution in [0.1, 0.15) is 34.8 Å². The van der Waals surface area contributed by atoms with Crippen LogP contribution in [-0.4, -0.2) is 31.9 Å². The van der Waals surface area contributed by atoms with E-state index >= 15 is 0 Å². The summed E-state index contributed by atoms with van der Waals surface area (Å²) in [7, 11) is 0. The second-order valence-corrected chi connectivity index (χ2v) is 5.94. The van der Waals surface area contributed by atoms with Crippen molar-refractivity contribution in [3.05, 3.63) is 78.5 Å². The van der Waals surface area contributed by atoms with Crippen molar-refractivity contribution in [2.45, 2.75) is 18.9 Å². The van der Waals surface area contributed by atoms with Gasteiger partial charge >= 0.3 is 0 Å². The van der Waals surface area contributed by atoms with Gasteiger partial charge < -0.3 is 4.90 Å². The predicted molar refractivity (Wildman–Crippen MR) is 90.8 cm³/mol. The molecule has 0 bridgehead atoms. The van der Waals surface area contributed by atoms with Gasteiger partial charge in [0.15, 0.2) is 0 Å².